The molecule has 1 N–H and O–H groups in total. The molecule has 1 aromatic rings. The molecule has 1 aliphatic carbocycles. The minimum absolute atomic E-state index is 0.0618. The SMILES string of the molecule is Cc1cnc(C(=O)NC[C@H]2[C@H]3CN(C4CCCC4)C[C@]34CC[C@H]2O4)cn1. The monoisotopic (exact) mass is 356 g/mol. The van der Waals surface area contributed by atoms with Crippen molar-refractivity contribution in [3.63, 3.8) is 0 Å². The van der Waals surface area contributed by atoms with Crippen LogP contribution in [0.3, 0.4) is 0 Å². The number of fused-ring (bicyclic) bond motifs is 1. The van der Waals surface area contributed by atoms with Gasteiger partial charge in [0.15, 0.2) is 0 Å². The second-order valence-electron chi connectivity index (χ2n) is 8.65. The van der Waals surface area contributed by atoms with Crippen molar-refractivity contribution in [3.8, 4) is 0 Å². The summed E-state index contributed by atoms with van der Waals surface area (Å²) in [6.07, 6.45) is 11.3. The van der Waals surface area contributed by atoms with Crippen molar-refractivity contribution in [2.24, 2.45) is 11.8 Å². The number of aromatic nitrogens is 2. The molecule has 6 nitrogen and oxygen atoms in total. The van der Waals surface area contributed by atoms with Gasteiger partial charge in [-0.1, -0.05) is 12.8 Å². The summed E-state index contributed by atoms with van der Waals surface area (Å²) >= 11 is 0. The van der Waals surface area contributed by atoms with E-state index in [2.05, 4.69) is 20.2 Å². The van der Waals surface area contributed by atoms with Crippen LogP contribution in [0.5, 0.6) is 0 Å². The molecule has 0 unspecified atom stereocenters. The Hall–Kier alpha value is -1.53. The third-order valence-electron chi connectivity index (χ3n) is 7.16. The molecule has 1 spiro atoms. The number of carbonyl (C=O) groups excluding carboxylic acids is 1. The van der Waals surface area contributed by atoms with Crippen molar-refractivity contribution in [2.75, 3.05) is 19.6 Å². The molecule has 5 rings (SSSR count). The van der Waals surface area contributed by atoms with Crippen LogP contribution in [0.25, 0.3) is 0 Å². The molecule has 4 fully saturated rings. The van der Waals surface area contributed by atoms with E-state index in [1.165, 1.54) is 32.1 Å². The zero-order chi connectivity index (χ0) is 17.7. The summed E-state index contributed by atoms with van der Waals surface area (Å²) in [5.41, 5.74) is 1.28. The maximum atomic E-state index is 12.4. The first-order chi connectivity index (χ1) is 12.6. The van der Waals surface area contributed by atoms with Gasteiger partial charge in [-0.15, -0.1) is 0 Å². The second-order valence-corrected chi connectivity index (χ2v) is 8.65. The van der Waals surface area contributed by atoms with Crippen LogP contribution in [0.2, 0.25) is 0 Å². The van der Waals surface area contributed by atoms with Gasteiger partial charge in [0.05, 0.1) is 23.6 Å². The topological polar surface area (TPSA) is 67.4 Å². The maximum absolute atomic E-state index is 12.4. The minimum atomic E-state index is -0.125. The first kappa shape index (κ1) is 16.6. The van der Waals surface area contributed by atoms with Gasteiger partial charge < -0.3 is 10.1 Å². The van der Waals surface area contributed by atoms with E-state index >= 15 is 0 Å². The van der Waals surface area contributed by atoms with Crippen molar-refractivity contribution >= 4 is 5.91 Å². The third kappa shape index (κ3) is 2.65. The van der Waals surface area contributed by atoms with E-state index in [0.717, 1.165) is 31.2 Å². The highest BCUT2D eigenvalue weighted by atomic mass is 16.5. The molecule has 4 heterocycles. The van der Waals surface area contributed by atoms with E-state index < -0.39 is 0 Å². The summed E-state index contributed by atoms with van der Waals surface area (Å²) in [4.78, 5) is 23.5. The van der Waals surface area contributed by atoms with Crippen LogP contribution in [0.4, 0.5) is 0 Å². The molecule has 2 bridgehead atoms. The van der Waals surface area contributed by atoms with E-state index in [0.29, 0.717) is 30.2 Å². The third-order valence-corrected chi connectivity index (χ3v) is 7.16. The van der Waals surface area contributed by atoms with Gasteiger partial charge >= 0.3 is 0 Å². The van der Waals surface area contributed by atoms with Crippen LogP contribution in [0.15, 0.2) is 12.4 Å². The van der Waals surface area contributed by atoms with Crippen LogP contribution in [-0.4, -0.2) is 58.2 Å². The van der Waals surface area contributed by atoms with Gasteiger partial charge in [0.1, 0.15) is 5.69 Å². The zero-order valence-electron chi connectivity index (χ0n) is 15.5. The molecule has 4 aliphatic rings. The van der Waals surface area contributed by atoms with Crippen LogP contribution >= 0.6 is 0 Å². The first-order valence-corrected chi connectivity index (χ1v) is 10.1. The largest absolute Gasteiger partial charge is 0.370 e. The molecule has 140 valence electrons. The number of nitrogens with zero attached hydrogens (tertiary/aromatic N) is 3. The summed E-state index contributed by atoms with van der Waals surface area (Å²) < 4.78 is 6.52. The average molecular weight is 356 g/mol. The van der Waals surface area contributed by atoms with Gasteiger partial charge in [0.2, 0.25) is 0 Å². The smallest absolute Gasteiger partial charge is 0.271 e. The number of amides is 1. The summed E-state index contributed by atoms with van der Waals surface area (Å²) in [5, 5.41) is 3.10. The normalized spacial score (nSPS) is 36.6. The quantitative estimate of drug-likeness (QED) is 0.893. The lowest BCUT2D eigenvalue weighted by molar-refractivity contribution is -0.000875. The average Bonchev–Trinajstić information content (AvgIpc) is 3.40. The predicted molar refractivity (Wildman–Crippen MR) is 96.7 cm³/mol. The van der Waals surface area contributed by atoms with Crippen LogP contribution in [0.1, 0.15) is 54.7 Å². The molecule has 1 saturated carbocycles. The van der Waals surface area contributed by atoms with E-state index in [9.17, 15) is 4.79 Å². The lowest BCUT2D eigenvalue weighted by Gasteiger charge is -2.29. The van der Waals surface area contributed by atoms with Crippen molar-refractivity contribution in [1.29, 1.82) is 0 Å². The van der Waals surface area contributed by atoms with E-state index in [-0.39, 0.29) is 11.5 Å². The number of nitrogens with one attached hydrogen (secondary N) is 1. The Labute approximate surface area is 154 Å². The van der Waals surface area contributed by atoms with Crippen LogP contribution < -0.4 is 5.32 Å². The summed E-state index contributed by atoms with van der Waals surface area (Å²) in [7, 11) is 0. The van der Waals surface area contributed by atoms with Crippen molar-refractivity contribution < 1.29 is 9.53 Å². The van der Waals surface area contributed by atoms with E-state index in [1.807, 2.05) is 6.92 Å². The summed E-state index contributed by atoms with van der Waals surface area (Å²) in [6.45, 7) is 4.81. The molecule has 3 aliphatic heterocycles. The molecule has 4 atom stereocenters. The Balaban J connectivity index is 1.25. The highest BCUT2D eigenvalue weighted by Gasteiger charge is 2.63. The molecule has 6 heteroatoms. The summed E-state index contributed by atoms with van der Waals surface area (Å²) in [5.74, 6) is 0.865. The fourth-order valence-corrected chi connectivity index (χ4v) is 5.86. The molecule has 0 radical (unpaired) electrons. The Bertz CT molecular complexity index is 688. The fourth-order valence-electron chi connectivity index (χ4n) is 5.86. The molecule has 1 aromatic heterocycles. The minimum Gasteiger partial charge on any atom is -0.370 e. The molecular weight excluding hydrogens is 328 g/mol. The lowest BCUT2D eigenvalue weighted by Crippen LogP contribution is -2.42. The van der Waals surface area contributed by atoms with Crippen molar-refractivity contribution in [1.82, 2.24) is 20.2 Å². The Morgan fingerprint density at radius 2 is 2.15 bits per heavy atom. The van der Waals surface area contributed by atoms with Gasteiger partial charge in [-0.25, -0.2) is 4.98 Å². The molecule has 0 aromatic carbocycles. The van der Waals surface area contributed by atoms with Gasteiger partial charge in [-0.05, 0) is 32.6 Å². The Morgan fingerprint density at radius 1 is 1.31 bits per heavy atom. The van der Waals surface area contributed by atoms with E-state index in [1.54, 1.807) is 12.4 Å². The number of hydrogen-bond donors (Lipinski definition) is 1. The van der Waals surface area contributed by atoms with Gasteiger partial charge in [-0.3, -0.25) is 14.7 Å². The highest BCUT2D eigenvalue weighted by Crippen LogP contribution is 2.55. The number of aryl methyl sites for hydroxylation is 1. The van der Waals surface area contributed by atoms with Crippen LogP contribution in [-0.2, 0) is 4.74 Å². The number of hydrogen-bond acceptors (Lipinski definition) is 5. The standard InChI is InChI=1S/C20H28N4O2/c1-13-8-22-17(10-21-13)19(25)23-9-15-16-11-24(14-4-2-3-5-14)12-20(16)7-6-18(15)26-20/h8,10,14-16,18H,2-7,9,11-12H2,1H3,(H,23,25)/t15-,16+,18+,20+/m0/s1. The Morgan fingerprint density at radius 3 is 2.92 bits per heavy atom. The van der Waals surface area contributed by atoms with Gasteiger partial charge in [0, 0.05) is 43.7 Å². The summed E-state index contributed by atoms with van der Waals surface area (Å²) in [6, 6.07) is 0.760. The number of rotatable bonds is 4. The highest BCUT2D eigenvalue weighted by molar-refractivity contribution is 5.91. The van der Waals surface area contributed by atoms with E-state index in [4.69, 9.17) is 4.74 Å². The van der Waals surface area contributed by atoms with Gasteiger partial charge in [0.25, 0.3) is 5.91 Å². The maximum Gasteiger partial charge on any atom is 0.271 e. The molecule has 1 amide bonds. The van der Waals surface area contributed by atoms with Crippen LogP contribution in [0, 0.1) is 18.8 Å². The molecular formula is C20H28N4O2. The zero-order valence-corrected chi connectivity index (χ0v) is 15.5. The lowest BCUT2D eigenvalue weighted by atomic mass is 9.73. The fraction of sp³-hybridized carbons (Fsp3) is 0.750. The number of ether oxygens (including phenoxy) is 1. The molecule has 3 saturated heterocycles. The second kappa shape index (κ2) is 6.27. The molecule has 26 heavy (non-hydrogen) atoms. The number of likely N-dealkylation sites (tertiary alicyclic amines) is 1. The Kier molecular flexibility index (Phi) is 4.01. The van der Waals surface area contributed by atoms with Gasteiger partial charge in [-0.2, -0.15) is 0 Å². The number of carbonyl (C=O) groups is 1. The predicted octanol–water partition coefficient (Wildman–Crippen LogP) is 1.94. The van der Waals surface area contributed by atoms with Crippen molar-refractivity contribution in [2.45, 2.75) is 63.2 Å². The van der Waals surface area contributed by atoms with Crippen molar-refractivity contribution in [3.05, 3.63) is 23.8 Å². The first-order valence-electron chi connectivity index (χ1n) is 10.1.